The summed E-state index contributed by atoms with van der Waals surface area (Å²) in [4.78, 5) is 0. The summed E-state index contributed by atoms with van der Waals surface area (Å²) in [7, 11) is -14.2. The Morgan fingerprint density at radius 2 is 1.55 bits per heavy atom. The van der Waals surface area contributed by atoms with Crippen LogP contribution in [0.3, 0.4) is 0 Å². The summed E-state index contributed by atoms with van der Waals surface area (Å²) >= 11 is 0. The van der Waals surface area contributed by atoms with E-state index in [2.05, 4.69) is 9.03 Å². The SMILES string of the molecule is F[P+]1=NP(F)(F)=NP(F)(F)=N1. The first-order valence-electron chi connectivity index (χ1n) is 2.05. The topological polar surface area (TPSA) is 37.1 Å². The average molecular weight is 230 g/mol. The summed E-state index contributed by atoms with van der Waals surface area (Å²) < 4.78 is 65.9. The van der Waals surface area contributed by atoms with Crippen LogP contribution in [-0.2, 0) is 0 Å². The second-order valence-electron chi connectivity index (χ2n) is 1.42. The molecule has 0 aromatic rings. The largest absolute Gasteiger partial charge is 0.598 e. The van der Waals surface area contributed by atoms with Gasteiger partial charge in [0.25, 0.3) is 0 Å². The van der Waals surface area contributed by atoms with E-state index in [4.69, 9.17) is 0 Å². The second kappa shape index (κ2) is 2.61. The summed E-state index contributed by atoms with van der Waals surface area (Å²) in [5, 5.41) is 0. The van der Waals surface area contributed by atoms with Crippen molar-refractivity contribution in [3.8, 4) is 0 Å². The molecule has 1 aliphatic heterocycles. The van der Waals surface area contributed by atoms with Crippen molar-refractivity contribution >= 4 is 23.8 Å². The molecule has 0 radical (unpaired) electrons. The van der Waals surface area contributed by atoms with Gasteiger partial charge in [-0.25, -0.2) is 0 Å². The van der Waals surface area contributed by atoms with Gasteiger partial charge in [0, 0.05) is 0 Å². The maximum absolute atomic E-state index is 12.0. The number of rotatable bonds is 0. The zero-order chi connectivity index (χ0) is 8.70. The monoisotopic (exact) mass is 230 g/mol. The first kappa shape index (κ1) is 9.30. The molecule has 0 saturated heterocycles. The second-order valence-corrected chi connectivity index (χ2v) is 5.87. The van der Waals surface area contributed by atoms with Gasteiger partial charge in [-0.2, -0.15) is 0 Å². The highest BCUT2D eigenvalue weighted by atomic mass is 31.3. The molecule has 0 spiro atoms. The van der Waals surface area contributed by atoms with E-state index in [0.29, 0.717) is 0 Å². The van der Waals surface area contributed by atoms with Gasteiger partial charge in [-0.05, 0) is 0 Å². The minimum Gasteiger partial charge on any atom is -0.147 e. The minimum absolute atomic E-state index is 1.80. The van der Waals surface area contributed by atoms with E-state index in [1.54, 1.807) is 4.52 Å². The molecule has 64 valence electrons. The number of hydrogen-bond acceptors (Lipinski definition) is 3. The van der Waals surface area contributed by atoms with Crippen molar-refractivity contribution in [2.24, 2.45) is 13.5 Å². The van der Waals surface area contributed by atoms with Crippen LogP contribution in [0.2, 0.25) is 0 Å². The minimum atomic E-state index is -5.40. The summed E-state index contributed by atoms with van der Waals surface area (Å²) in [6.07, 6.45) is 0. The van der Waals surface area contributed by atoms with Gasteiger partial charge in [-0.1, -0.05) is 0 Å². The van der Waals surface area contributed by atoms with E-state index in [1.807, 2.05) is 0 Å². The quantitative estimate of drug-likeness (QED) is 0.403. The maximum Gasteiger partial charge on any atom is 0.598 e. The Hall–Kier alpha value is 0.210. The Bertz CT molecular complexity index is 295. The fourth-order valence-corrected chi connectivity index (χ4v) is 4.21. The lowest BCUT2D eigenvalue weighted by Gasteiger charge is -1.97. The molecule has 0 aromatic heterocycles. The van der Waals surface area contributed by atoms with Crippen LogP contribution in [0.1, 0.15) is 0 Å². The standard InChI is InChI=1S/F5N3P3/c1-9-6-10(2,3)8-11(4,5)7-9/q+1. The van der Waals surface area contributed by atoms with Crippen LogP contribution in [0.25, 0.3) is 0 Å². The van der Waals surface area contributed by atoms with Crippen LogP contribution >= 0.6 is 23.8 Å². The highest BCUT2D eigenvalue weighted by Gasteiger charge is 2.40. The zero-order valence-corrected chi connectivity index (χ0v) is 7.26. The van der Waals surface area contributed by atoms with Crippen LogP contribution in [0.15, 0.2) is 13.5 Å². The molecular formula is F5N3P3+. The van der Waals surface area contributed by atoms with Crippen LogP contribution in [-0.4, -0.2) is 0 Å². The van der Waals surface area contributed by atoms with Crippen molar-refractivity contribution < 1.29 is 21.0 Å². The highest BCUT2D eigenvalue weighted by molar-refractivity contribution is 7.74. The average Bonchev–Trinajstić information content (AvgIpc) is 1.49. The predicted octanol–water partition coefficient (Wildman–Crippen LogP) is 5.24. The third-order valence-electron chi connectivity index (χ3n) is 0.578. The molecule has 0 aliphatic carbocycles. The molecule has 1 rings (SSSR count). The third-order valence-corrected chi connectivity index (χ3v) is 5.20. The van der Waals surface area contributed by atoms with E-state index in [0.717, 1.165) is 0 Å². The molecule has 1 heterocycles. The van der Waals surface area contributed by atoms with Gasteiger partial charge in [0.05, 0.1) is 13.2 Å². The van der Waals surface area contributed by atoms with E-state index < -0.39 is 23.8 Å². The molecule has 3 nitrogen and oxygen atoms in total. The van der Waals surface area contributed by atoms with Gasteiger partial charge in [0.2, 0.25) is 0 Å². The zero-order valence-electron chi connectivity index (χ0n) is 4.57. The third kappa shape index (κ3) is 2.62. The molecule has 0 amide bonds. The molecule has 1 aliphatic rings. The van der Waals surface area contributed by atoms with E-state index in [9.17, 15) is 21.0 Å². The fourth-order valence-electron chi connectivity index (χ4n) is 0.361. The Labute approximate surface area is 59.4 Å². The highest BCUT2D eigenvalue weighted by Crippen LogP contribution is 2.76. The van der Waals surface area contributed by atoms with Crippen molar-refractivity contribution in [1.82, 2.24) is 0 Å². The lowest BCUT2D eigenvalue weighted by atomic mass is 13.8. The van der Waals surface area contributed by atoms with Crippen LogP contribution in [0, 0.1) is 0 Å². The Kier molecular flexibility index (Phi) is 2.21. The summed E-state index contributed by atoms with van der Waals surface area (Å²) in [6.45, 7) is 0. The first-order chi connectivity index (χ1) is 4.81. The molecule has 11 heteroatoms. The Balaban J connectivity index is 3.31. The lowest BCUT2D eigenvalue weighted by Crippen LogP contribution is -1.61. The van der Waals surface area contributed by atoms with Crippen LogP contribution in [0.4, 0.5) is 21.0 Å². The molecule has 1 atom stereocenters. The van der Waals surface area contributed by atoms with Gasteiger partial charge >= 0.3 is 23.8 Å². The lowest BCUT2D eigenvalue weighted by molar-refractivity contribution is 0.698. The van der Waals surface area contributed by atoms with E-state index in [1.165, 1.54) is 0 Å². The molecular weight excluding hydrogens is 230 g/mol. The number of nitrogens with zero attached hydrogens (tertiary/aromatic N) is 3. The molecule has 1 unspecified atom stereocenters. The summed E-state index contributed by atoms with van der Waals surface area (Å²) in [5.74, 6) is 0. The van der Waals surface area contributed by atoms with E-state index >= 15 is 0 Å². The molecule has 0 fully saturated rings. The van der Waals surface area contributed by atoms with Gasteiger partial charge < -0.3 is 0 Å². The predicted molar refractivity (Wildman–Crippen MR) is 33.6 cm³/mol. The van der Waals surface area contributed by atoms with Crippen molar-refractivity contribution in [2.75, 3.05) is 0 Å². The molecule has 0 bridgehead atoms. The number of halogens is 5. The number of hydrogen-bond donors (Lipinski definition) is 0. The van der Waals surface area contributed by atoms with Gasteiger partial charge in [-0.3, -0.25) is 0 Å². The Morgan fingerprint density at radius 1 is 1.00 bits per heavy atom. The normalized spacial score (nSPS) is 29.7. The van der Waals surface area contributed by atoms with Crippen LogP contribution < -0.4 is 0 Å². The molecule has 11 heavy (non-hydrogen) atoms. The van der Waals surface area contributed by atoms with Gasteiger partial charge in [0.1, 0.15) is 0 Å². The van der Waals surface area contributed by atoms with E-state index in [-0.39, 0.29) is 0 Å². The van der Waals surface area contributed by atoms with Crippen molar-refractivity contribution in [2.45, 2.75) is 0 Å². The fraction of sp³-hybridized carbons (Fsp3) is 0. The maximum atomic E-state index is 12.0. The molecule has 0 saturated carbocycles. The molecule has 0 aromatic carbocycles. The van der Waals surface area contributed by atoms with Crippen molar-refractivity contribution in [3.63, 3.8) is 0 Å². The Morgan fingerprint density at radius 3 is 1.91 bits per heavy atom. The smallest absolute Gasteiger partial charge is 0.147 e. The van der Waals surface area contributed by atoms with Crippen molar-refractivity contribution in [3.05, 3.63) is 0 Å². The first-order valence-corrected chi connectivity index (χ1v) is 6.14. The summed E-state index contributed by atoms with van der Waals surface area (Å²) in [5.41, 5.74) is 0. The summed E-state index contributed by atoms with van der Waals surface area (Å²) in [6, 6.07) is 0. The van der Waals surface area contributed by atoms with Crippen LogP contribution in [0.5, 0.6) is 0 Å². The van der Waals surface area contributed by atoms with Crippen molar-refractivity contribution in [1.29, 1.82) is 0 Å². The van der Waals surface area contributed by atoms with Gasteiger partial charge in [-0.15, -0.1) is 21.3 Å². The van der Waals surface area contributed by atoms with Gasteiger partial charge in [0.15, 0.2) is 0 Å². The molecule has 0 N–H and O–H groups in total.